The third kappa shape index (κ3) is 4.91. The van der Waals surface area contributed by atoms with Crippen LogP contribution in [-0.2, 0) is 9.53 Å². The second-order valence-electron chi connectivity index (χ2n) is 3.65. The molecule has 0 N–H and O–H groups in total. The lowest BCUT2D eigenvalue weighted by molar-refractivity contribution is -0.817. The zero-order valence-corrected chi connectivity index (χ0v) is 8.55. The molecule has 0 aliphatic carbocycles. The smallest absolute Gasteiger partial charge is 0.339 e. The van der Waals surface area contributed by atoms with Crippen molar-refractivity contribution in [1.29, 1.82) is 0 Å². The Balaban J connectivity index is 4.28. The van der Waals surface area contributed by atoms with Gasteiger partial charge in [0.15, 0.2) is 0 Å². The number of rotatable bonds is 3. The summed E-state index contributed by atoms with van der Waals surface area (Å²) >= 11 is 0. The Morgan fingerprint density at radius 1 is 1.42 bits per heavy atom. The van der Waals surface area contributed by atoms with Gasteiger partial charge >= 0.3 is 5.97 Å². The molecule has 0 aromatic carbocycles. The number of hydrogen-bond donors (Lipinski definition) is 0. The fourth-order valence-electron chi connectivity index (χ4n) is 0.879. The summed E-state index contributed by atoms with van der Waals surface area (Å²) in [5, 5.41) is 0. The Hall–Kier alpha value is -0.830. The summed E-state index contributed by atoms with van der Waals surface area (Å²) < 4.78 is 5.46. The van der Waals surface area contributed by atoms with Gasteiger partial charge in [0, 0.05) is 0 Å². The van der Waals surface area contributed by atoms with Crippen LogP contribution in [-0.4, -0.2) is 38.2 Å². The molecule has 70 valence electrons. The zero-order chi connectivity index (χ0) is 9.78. The largest absolute Gasteiger partial charge is 0.462 e. The van der Waals surface area contributed by atoms with Crippen LogP contribution in [0.2, 0.25) is 0 Å². The minimum Gasteiger partial charge on any atom is -0.462 e. The van der Waals surface area contributed by atoms with Crippen molar-refractivity contribution in [2.24, 2.45) is 0 Å². The number of nitrogens with zero attached hydrogens (tertiary/aromatic N) is 1. The van der Waals surface area contributed by atoms with E-state index in [2.05, 4.69) is 0 Å². The summed E-state index contributed by atoms with van der Waals surface area (Å²) in [5.41, 5.74) is 0.657. The first kappa shape index (κ1) is 11.2. The Kier molecular flexibility index (Phi) is 3.96. The molecule has 0 amide bonds. The fraction of sp³-hybridized carbons (Fsp3) is 0.667. The summed E-state index contributed by atoms with van der Waals surface area (Å²) in [6.07, 6.45) is 1.86. The molecule has 0 radical (unpaired) electrons. The van der Waals surface area contributed by atoms with Crippen LogP contribution in [0.4, 0.5) is 0 Å². The van der Waals surface area contributed by atoms with E-state index in [1.54, 1.807) is 13.8 Å². The lowest BCUT2D eigenvalue weighted by atomic mass is 10.3. The molecule has 0 unspecified atom stereocenters. The molecule has 3 heteroatoms. The molecule has 0 rings (SSSR count). The topological polar surface area (TPSA) is 26.3 Å². The highest BCUT2D eigenvalue weighted by Gasteiger charge is 2.10. The van der Waals surface area contributed by atoms with Gasteiger partial charge < -0.3 is 9.22 Å². The van der Waals surface area contributed by atoms with Gasteiger partial charge in [-0.25, -0.2) is 4.79 Å². The number of ether oxygens (including phenoxy) is 1. The van der Waals surface area contributed by atoms with Gasteiger partial charge in [0.25, 0.3) is 0 Å². The van der Waals surface area contributed by atoms with Crippen LogP contribution in [0.1, 0.15) is 13.8 Å². The number of carbonyl (C=O) groups is 1. The first-order valence-corrected chi connectivity index (χ1v) is 4.04. The highest BCUT2D eigenvalue weighted by atomic mass is 16.5. The van der Waals surface area contributed by atoms with Crippen LogP contribution >= 0.6 is 0 Å². The number of hydrogen-bond acceptors (Lipinski definition) is 2. The Bertz CT molecular complexity index is 189. The first-order chi connectivity index (χ1) is 5.37. The summed E-state index contributed by atoms with van der Waals surface area (Å²) in [7, 11) is 5.97. The second kappa shape index (κ2) is 4.26. The van der Waals surface area contributed by atoms with Gasteiger partial charge in [0.2, 0.25) is 0 Å². The second-order valence-corrected chi connectivity index (χ2v) is 3.65. The lowest BCUT2D eigenvalue weighted by Crippen LogP contribution is -2.28. The van der Waals surface area contributed by atoms with Crippen molar-refractivity contribution in [3.8, 4) is 0 Å². The molecule has 0 fully saturated rings. The first-order valence-electron chi connectivity index (χ1n) is 4.04. The SMILES string of the molecule is CCOC(=O)C(C)=C[N+](C)(C)C. The number of carbonyl (C=O) groups excluding carboxylic acids is 1. The standard InChI is InChI=1S/C9H18NO2/c1-6-12-9(11)8(2)7-10(3,4)5/h7H,6H2,1-5H3/q+1. The average Bonchev–Trinajstić information content (AvgIpc) is 1.84. The minimum absolute atomic E-state index is 0.231. The van der Waals surface area contributed by atoms with Crippen LogP contribution in [0.25, 0.3) is 0 Å². The molecule has 0 spiro atoms. The van der Waals surface area contributed by atoms with Gasteiger partial charge in [-0.3, -0.25) is 0 Å². The molecule has 0 aromatic rings. The molecular formula is C9H18NO2+. The Morgan fingerprint density at radius 2 is 1.92 bits per heavy atom. The maximum Gasteiger partial charge on any atom is 0.339 e. The maximum absolute atomic E-state index is 11.1. The molecule has 0 aromatic heterocycles. The normalized spacial score (nSPS) is 12.9. The molecule has 3 nitrogen and oxygen atoms in total. The quantitative estimate of drug-likeness (QED) is 0.363. The van der Waals surface area contributed by atoms with E-state index in [0.29, 0.717) is 16.7 Å². The van der Waals surface area contributed by atoms with Crippen molar-refractivity contribution in [3.05, 3.63) is 11.8 Å². The van der Waals surface area contributed by atoms with Gasteiger partial charge in [0.05, 0.1) is 33.3 Å². The van der Waals surface area contributed by atoms with Gasteiger partial charge in [0.1, 0.15) is 6.20 Å². The van der Waals surface area contributed by atoms with Gasteiger partial charge in [-0.2, -0.15) is 0 Å². The average molecular weight is 172 g/mol. The molecule has 0 atom stereocenters. The number of esters is 1. The highest BCUT2D eigenvalue weighted by Crippen LogP contribution is 2.01. The third-order valence-corrected chi connectivity index (χ3v) is 1.18. The number of quaternary nitrogens is 1. The van der Waals surface area contributed by atoms with Crippen LogP contribution in [0.3, 0.4) is 0 Å². The van der Waals surface area contributed by atoms with Crippen LogP contribution in [0.5, 0.6) is 0 Å². The van der Waals surface area contributed by atoms with E-state index in [9.17, 15) is 4.79 Å². The molecule has 0 saturated heterocycles. The van der Waals surface area contributed by atoms with E-state index in [-0.39, 0.29) is 5.97 Å². The summed E-state index contributed by atoms with van der Waals surface area (Å²) in [6, 6.07) is 0. The van der Waals surface area contributed by atoms with E-state index in [1.807, 2.05) is 27.3 Å². The molecule has 0 heterocycles. The summed E-state index contributed by atoms with van der Waals surface area (Å²) in [6.45, 7) is 4.00. The minimum atomic E-state index is -0.231. The van der Waals surface area contributed by atoms with Crippen molar-refractivity contribution < 1.29 is 14.0 Å². The van der Waals surface area contributed by atoms with E-state index >= 15 is 0 Å². The van der Waals surface area contributed by atoms with Gasteiger partial charge in [-0.1, -0.05) is 0 Å². The Labute approximate surface area is 74.2 Å². The molecular weight excluding hydrogens is 154 g/mol. The molecule has 0 saturated carbocycles. The van der Waals surface area contributed by atoms with Crippen LogP contribution in [0.15, 0.2) is 11.8 Å². The van der Waals surface area contributed by atoms with Crippen molar-refractivity contribution in [2.75, 3.05) is 27.7 Å². The van der Waals surface area contributed by atoms with E-state index in [4.69, 9.17) is 4.74 Å². The van der Waals surface area contributed by atoms with E-state index in [1.165, 1.54) is 0 Å². The van der Waals surface area contributed by atoms with Gasteiger partial charge in [-0.15, -0.1) is 0 Å². The van der Waals surface area contributed by atoms with Crippen LogP contribution < -0.4 is 0 Å². The maximum atomic E-state index is 11.1. The molecule has 0 aliphatic rings. The van der Waals surface area contributed by atoms with Gasteiger partial charge in [-0.05, 0) is 13.8 Å². The van der Waals surface area contributed by atoms with Crippen molar-refractivity contribution in [2.45, 2.75) is 13.8 Å². The lowest BCUT2D eigenvalue weighted by Gasteiger charge is -2.18. The zero-order valence-electron chi connectivity index (χ0n) is 8.55. The Morgan fingerprint density at radius 3 is 2.25 bits per heavy atom. The highest BCUT2D eigenvalue weighted by molar-refractivity contribution is 5.87. The van der Waals surface area contributed by atoms with Crippen molar-refractivity contribution in [3.63, 3.8) is 0 Å². The molecule has 0 bridgehead atoms. The van der Waals surface area contributed by atoms with Crippen molar-refractivity contribution in [1.82, 2.24) is 0 Å². The van der Waals surface area contributed by atoms with E-state index < -0.39 is 0 Å². The summed E-state index contributed by atoms with van der Waals surface area (Å²) in [4.78, 5) is 11.1. The third-order valence-electron chi connectivity index (χ3n) is 1.18. The van der Waals surface area contributed by atoms with E-state index in [0.717, 1.165) is 0 Å². The monoisotopic (exact) mass is 172 g/mol. The van der Waals surface area contributed by atoms with Crippen LogP contribution in [0, 0.1) is 0 Å². The van der Waals surface area contributed by atoms with Crippen molar-refractivity contribution >= 4 is 5.97 Å². The fourth-order valence-corrected chi connectivity index (χ4v) is 0.879. The molecule has 12 heavy (non-hydrogen) atoms. The summed E-state index contributed by atoms with van der Waals surface area (Å²) in [5.74, 6) is -0.231. The molecule has 0 aliphatic heterocycles. The predicted molar refractivity (Wildman–Crippen MR) is 48.4 cm³/mol. The predicted octanol–water partition coefficient (Wildman–Crippen LogP) is 1.16.